The second kappa shape index (κ2) is 6.14. The average Bonchev–Trinajstić information content (AvgIpc) is 2.50. The number of hydrogen-bond donors (Lipinski definition) is 1. The molecule has 5 heteroatoms. The van der Waals surface area contributed by atoms with Gasteiger partial charge in [-0.3, -0.25) is 4.79 Å². The topological polar surface area (TPSA) is 58.1 Å². The van der Waals surface area contributed by atoms with E-state index in [2.05, 4.69) is 22.1 Å². The zero-order valence-electron chi connectivity index (χ0n) is 11.8. The first-order chi connectivity index (χ1) is 9.69. The highest BCUT2D eigenvalue weighted by molar-refractivity contribution is 6.07. The highest BCUT2D eigenvalue weighted by Gasteiger charge is 2.16. The molecule has 0 saturated carbocycles. The van der Waals surface area contributed by atoms with Gasteiger partial charge in [0.1, 0.15) is 0 Å². The molecule has 0 bridgehead atoms. The van der Waals surface area contributed by atoms with Crippen molar-refractivity contribution < 1.29 is 4.79 Å². The molecule has 0 spiro atoms. The normalized spacial score (nSPS) is 10.3. The number of hydrogen-bond acceptors (Lipinski definition) is 4. The van der Waals surface area contributed by atoms with Gasteiger partial charge in [0.25, 0.3) is 5.91 Å². The number of fused-ring (bicyclic) bond motifs is 1. The Morgan fingerprint density at radius 3 is 2.70 bits per heavy atom. The van der Waals surface area contributed by atoms with Crippen LogP contribution in [0.4, 0.5) is 5.82 Å². The van der Waals surface area contributed by atoms with E-state index >= 15 is 0 Å². The summed E-state index contributed by atoms with van der Waals surface area (Å²) in [5.74, 6) is 0.544. The molecule has 1 amide bonds. The first-order valence-electron chi connectivity index (χ1n) is 6.54. The van der Waals surface area contributed by atoms with Crippen LogP contribution in [0, 0.1) is 0 Å². The fourth-order valence-electron chi connectivity index (χ4n) is 1.94. The minimum Gasteiger partial charge on any atom is -0.358 e. The Labute approximate surface area is 118 Å². The van der Waals surface area contributed by atoms with E-state index in [-0.39, 0.29) is 5.91 Å². The van der Waals surface area contributed by atoms with Crippen LogP contribution in [0.5, 0.6) is 0 Å². The Bertz CT molecular complexity index is 639. The SMILES string of the molecule is C=CCNC(=O)c1nnc(N(C)CC)c2ccccc12. The van der Waals surface area contributed by atoms with Crippen molar-refractivity contribution in [3.05, 3.63) is 42.6 Å². The molecular formula is C15H18N4O. The van der Waals surface area contributed by atoms with E-state index in [1.807, 2.05) is 43.1 Å². The summed E-state index contributed by atoms with van der Waals surface area (Å²) in [5.41, 5.74) is 0.343. The van der Waals surface area contributed by atoms with Gasteiger partial charge in [0.15, 0.2) is 11.5 Å². The zero-order chi connectivity index (χ0) is 14.5. The minimum absolute atomic E-state index is 0.237. The van der Waals surface area contributed by atoms with Crippen molar-refractivity contribution in [2.45, 2.75) is 6.92 Å². The molecule has 2 rings (SSSR count). The molecule has 1 aromatic heterocycles. The Balaban J connectivity index is 2.53. The van der Waals surface area contributed by atoms with E-state index in [0.717, 1.165) is 23.1 Å². The maximum Gasteiger partial charge on any atom is 0.272 e. The van der Waals surface area contributed by atoms with E-state index in [9.17, 15) is 4.79 Å². The van der Waals surface area contributed by atoms with Crippen molar-refractivity contribution in [2.24, 2.45) is 0 Å². The maximum atomic E-state index is 12.1. The van der Waals surface area contributed by atoms with E-state index in [1.165, 1.54) is 0 Å². The van der Waals surface area contributed by atoms with Crippen LogP contribution in [0.1, 0.15) is 17.4 Å². The molecule has 0 aliphatic carbocycles. The molecular weight excluding hydrogens is 252 g/mol. The van der Waals surface area contributed by atoms with Crippen LogP contribution in [-0.4, -0.2) is 36.2 Å². The number of rotatable bonds is 5. The lowest BCUT2D eigenvalue weighted by Crippen LogP contribution is -2.26. The lowest BCUT2D eigenvalue weighted by atomic mass is 10.1. The Kier molecular flexibility index (Phi) is 4.30. The maximum absolute atomic E-state index is 12.1. The van der Waals surface area contributed by atoms with Gasteiger partial charge in [-0.25, -0.2) is 0 Å². The number of nitrogens with one attached hydrogen (secondary N) is 1. The van der Waals surface area contributed by atoms with Crippen molar-refractivity contribution in [1.82, 2.24) is 15.5 Å². The molecule has 0 aliphatic rings. The Hall–Kier alpha value is -2.43. The summed E-state index contributed by atoms with van der Waals surface area (Å²) in [6, 6.07) is 7.67. The molecule has 1 N–H and O–H groups in total. The van der Waals surface area contributed by atoms with Gasteiger partial charge in [-0.1, -0.05) is 30.3 Å². The third-order valence-electron chi connectivity index (χ3n) is 3.13. The first-order valence-corrected chi connectivity index (χ1v) is 6.54. The van der Waals surface area contributed by atoms with Gasteiger partial charge in [-0.15, -0.1) is 16.8 Å². The molecule has 0 radical (unpaired) electrons. The van der Waals surface area contributed by atoms with Crippen LogP contribution in [-0.2, 0) is 0 Å². The van der Waals surface area contributed by atoms with Gasteiger partial charge in [0, 0.05) is 30.9 Å². The average molecular weight is 270 g/mol. The van der Waals surface area contributed by atoms with Gasteiger partial charge in [-0.2, -0.15) is 0 Å². The summed E-state index contributed by atoms with van der Waals surface area (Å²) in [7, 11) is 1.95. The lowest BCUT2D eigenvalue weighted by Gasteiger charge is -2.17. The summed E-state index contributed by atoms with van der Waals surface area (Å²) in [4.78, 5) is 14.1. The molecule has 104 valence electrons. The summed E-state index contributed by atoms with van der Waals surface area (Å²) in [6.07, 6.45) is 1.63. The molecule has 2 aromatic rings. The van der Waals surface area contributed by atoms with Crippen molar-refractivity contribution >= 4 is 22.5 Å². The van der Waals surface area contributed by atoms with Gasteiger partial charge >= 0.3 is 0 Å². The van der Waals surface area contributed by atoms with E-state index in [4.69, 9.17) is 0 Å². The van der Waals surface area contributed by atoms with Gasteiger partial charge in [0.05, 0.1) is 0 Å². The van der Waals surface area contributed by atoms with Crippen LogP contribution >= 0.6 is 0 Å². The second-order valence-corrected chi connectivity index (χ2v) is 4.43. The minimum atomic E-state index is -0.237. The predicted molar refractivity (Wildman–Crippen MR) is 81.0 cm³/mol. The number of carbonyl (C=O) groups excluding carboxylic acids is 1. The van der Waals surface area contributed by atoms with Crippen LogP contribution < -0.4 is 10.2 Å². The summed E-state index contributed by atoms with van der Waals surface area (Å²) >= 11 is 0. The summed E-state index contributed by atoms with van der Waals surface area (Å²) < 4.78 is 0. The molecule has 1 heterocycles. The van der Waals surface area contributed by atoms with Crippen molar-refractivity contribution in [3.63, 3.8) is 0 Å². The molecule has 0 unspecified atom stereocenters. The zero-order valence-corrected chi connectivity index (χ0v) is 11.8. The molecule has 20 heavy (non-hydrogen) atoms. The Morgan fingerprint density at radius 2 is 2.05 bits per heavy atom. The third kappa shape index (κ3) is 2.61. The smallest absolute Gasteiger partial charge is 0.272 e. The van der Waals surface area contributed by atoms with Crippen LogP contribution in [0.25, 0.3) is 10.8 Å². The molecule has 5 nitrogen and oxygen atoms in total. The first kappa shape index (κ1) is 14.0. The fraction of sp³-hybridized carbons (Fsp3) is 0.267. The van der Waals surface area contributed by atoms with Crippen LogP contribution in [0.2, 0.25) is 0 Å². The molecule has 0 saturated heterocycles. The number of nitrogens with zero attached hydrogens (tertiary/aromatic N) is 3. The monoisotopic (exact) mass is 270 g/mol. The van der Waals surface area contributed by atoms with Crippen LogP contribution in [0.3, 0.4) is 0 Å². The van der Waals surface area contributed by atoms with Gasteiger partial charge in [-0.05, 0) is 6.92 Å². The standard InChI is InChI=1S/C15H18N4O/c1-4-10-16-15(20)13-11-8-6-7-9-12(11)14(18-17-13)19(3)5-2/h4,6-9H,1,5,10H2,2-3H3,(H,16,20). The second-order valence-electron chi connectivity index (χ2n) is 4.43. The van der Waals surface area contributed by atoms with E-state index in [0.29, 0.717) is 12.2 Å². The Morgan fingerprint density at radius 1 is 1.35 bits per heavy atom. The molecule has 0 aliphatic heterocycles. The number of amides is 1. The predicted octanol–water partition coefficient (Wildman–Crippen LogP) is 2.00. The van der Waals surface area contributed by atoms with Crippen molar-refractivity contribution in [2.75, 3.05) is 25.0 Å². The highest BCUT2D eigenvalue weighted by atomic mass is 16.1. The van der Waals surface area contributed by atoms with E-state index < -0.39 is 0 Å². The fourth-order valence-corrected chi connectivity index (χ4v) is 1.94. The summed E-state index contributed by atoms with van der Waals surface area (Å²) in [5, 5.41) is 12.7. The summed E-state index contributed by atoms with van der Waals surface area (Å²) in [6.45, 7) is 6.85. The molecule has 0 fully saturated rings. The number of carbonyl (C=O) groups is 1. The van der Waals surface area contributed by atoms with Crippen molar-refractivity contribution in [3.8, 4) is 0 Å². The quantitative estimate of drug-likeness (QED) is 0.844. The lowest BCUT2D eigenvalue weighted by molar-refractivity contribution is 0.0954. The largest absolute Gasteiger partial charge is 0.358 e. The number of aromatic nitrogens is 2. The van der Waals surface area contributed by atoms with E-state index in [1.54, 1.807) is 6.08 Å². The highest BCUT2D eigenvalue weighted by Crippen LogP contribution is 2.24. The van der Waals surface area contributed by atoms with Gasteiger partial charge in [0.2, 0.25) is 0 Å². The molecule has 0 atom stereocenters. The third-order valence-corrected chi connectivity index (χ3v) is 3.13. The molecule has 1 aromatic carbocycles. The number of anilines is 1. The van der Waals surface area contributed by atoms with Crippen molar-refractivity contribution in [1.29, 1.82) is 0 Å². The number of benzene rings is 1. The van der Waals surface area contributed by atoms with Gasteiger partial charge < -0.3 is 10.2 Å². The van der Waals surface area contributed by atoms with Crippen LogP contribution in [0.15, 0.2) is 36.9 Å².